The van der Waals surface area contributed by atoms with Crippen LogP contribution >= 0.6 is 23.5 Å². The summed E-state index contributed by atoms with van der Waals surface area (Å²) in [6, 6.07) is 14.1. The molecule has 27 heavy (non-hydrogen) atoms. The van der Waals surface area contributed by atoms with Crippen LogP contribution in [0.25, 0.3) is 5.69 Å². The molecule has 0 bridgehead atoms. The fourth-order valence-electron chi connectivity index (χ4n) is 2.31. The minimum atomic E-state index is -2.56. The van der Waals surface area contributed by atoms with Crippen LogP contribution < -0.4 is 5.32 Å². The number of nitrogens with zero attached hydrogens (tertiary/aromatic N) is 4. The predicted molar refractivity (Wildman–Crippen MR) is 102 cm³/mol. The Morgan fingerprint density at radius 2 is 1.93 bits per heavy atom. The van der Waals surface area contributed by atoms with Gasteiger partial charge in [0.2, 0.25) is 11.1 Å². The first kappa shape index (κ1) is 19.3. The Morgan fingerprint density at radius 3 is 2.70 bits per heavy atom. The second-order valence-electron chi connectivity index (χ2n) is 5.37. The van der Waals surface area contributed by atoms with Crippen molar-refractivity contribution in [1.29, 1.82) is 0 Å². The normalized spacial score (nSPS) is 11.0. The molecule has 0 saturated heterocycles. The lowest BCUT2D eigenvalue weighted by Gasteiger charge is -2.10. The highest BCUT2D eigenvalue weighted by Gasteiger charge is 2.15. The molecule has 3 rings (SSSR count). The maximum Gasteiger partial charge on any atom is 0.288 e. The summed E-state index contributed by atoms with van der Waals surface area (Å²) in [6.07, 6.45) is 0. The van der Waals surface area contributed by atoms with E-state index in [2.05, 4.69) is 20.8 Å². The predicted octanol–water partition coefficient (Wildman–Crippen LogP) is 4.02. The molecule has 0 unspecified atom stereocenters. The Morgan fingerprint density at radius 1 is 1.19 bits per heavy atom. The molecule has 0 saturated carbocycles. The number of halogens is 2. The number of aromatic nitrogens is 4. The Bertz CT molecular complexity index is 935. The van der Waals surface area contributed by atoms with E-state index in [-0.39, 0.29) is 11.7 Å². The van der Waals surface area contributed by atoms with Gasteiger partial charge in [0.05, 0.1) is 17.1 Å². The monoisotopic (exact) mass is 407 g/mol. The van der Waals surface area contributed by atoms with Gasteiger partial charge in [-0.2, -0.15) is 13.5 Å². The number of aryl methyl sites for hydroxylation is 1. The molecule has 1 aromatic heterocycles. The van der Waals surface area contributed by atoms with Gasteiger partial charge < -0.3 is 5.32 Å². The number of hydrogen-bond acceptors (Lipinski definition) is 6. The Labute approximate surface area is 162 Å². The quantitative estimate of drug-likeness (QED) is 0.597. The summed E-state index contributed by atoms with van der Waals surface area (Å²) in [4.78, 5) is 12.6. The molecule has 0 aliphatic carbocycles. The SMILES string of the molecule is Cc1ccccc1-n1nnnc1SCC(=O)Nc1ccccc1SC(F)F. The van der Waals surface area contributed by atoms with Crippen molar-refractivity contribution >= 4 is 35.1 Å². The molecule has 140 valence electrons. The Kier molecular flexibility index (Phi) is 6.40. The smallest absolute Gasteiger partial charge is 0.288 e. The number of carbonyl (C=O) groups is 1. The summed E-state index contributed by atoms with van der Waals surface area (Å²) in [5.74, 6) is -2.85. The van der Waals surface area contributed by atoms with Gasteiger partial charge in [0, 0.05) is 4.90 Å². The molecular weight excluding hydrogens is 392 g/mol. The van der Waals surface area contributed by atoms with E-state index in [4.69, 9.17) is 0 Å². The van der Waals surface area contributed by atoms with Gasteiger partial charge in [-0.15, -0.1) is 5.10 Å². The maximum atomic E-state index is 12.6. The van der Waals surface area contributed by atoms with Gasteiger partial charge in [0.25, 0.3) is 5.76 Å². The van der Waals surface area contributed by atoms with E-state index in [1.807, 2.05) is 31.2 Å². The van der Waals surface area contributed by atoms with Crippen LogP contribution in [0.5, 0.6) is 0 Å². The largest absolute Gasteiger partial charge is 0.324 e. The molecule has 1 amide bonds. The lowest BCUT2D eigenvalue weighted by Crippen LogP contribution is -2.15. The summed E-state index contributed by atoms with van der Waals surface area (Å²) in [6.45, 7) is 1.94. The first-order chi connectivity index (χ1) is 13.0. The molecule has 0 aliphatic heterocycles. The Hall–Kier alpha value is -2.46. The average Bonchev–Trinajstić information content (AvgIpc) is 3.10. The van der Waals surface area contributed by atoms with Gasteiger partial charge in [0.1, 0.15) is 0 Å². The third kappa shape index (κ3) is 5.04. The average molecular weight is 407 g/mol. The number of nitrogens with one attached hydrogen (secondary N) is 1. The van der Waals surface area contributed by atoms with Crippen molar-refractivity contribution in [1.82, 2.24) is 20.2 Å². The summed E-state index contributed by atoms with van der Waals surface area (Å²) >= 11 is 1.56. The van der Waals surface area contributed by atoms with Crippen LogP contribution in [0, 0.1) is 6.92 Å². The van der Waals surface area contributed by atoms with Crippen molar-refractivity contribution in [3.05, 3.63) is 54.1 Å². The summed E-state index contributed by atoms with van der Waals surface area (Å²) in [7, 11) is 0. The third-order valence-electron chi connectivity index (χ3n) is 3.49. The van der Waals surface area contributed by atoms with Crippen LogP contribution in [0.3, 0.4) is 0 Å². The topological polar surface area (TPSA) is 72.7 Å². The van der Waals surface area contributed by atoms with Crippen molar-refractivity contribution in [3.8, 4) is 5.69 Å². The molecule has 2 aromatic carbocycles. The zero-order chi connectivity index (χ0) is 19.2. The Balaban J connectivity index is 1.66. The molecule has 0 spiro atoms. The van der Waals surface area contributed by atoms with Gasteiger partial charge >= 0.3 is 0 Å². The highest BCUT2D eigenvalue weighted by Crippen LogP contribution is 2.31. The minimum absolute atomic E-state index is 0.0416. The van der Waals surface area contributed by atoms with Crippen LogP contribution in [0.4, 0.5) is 14.5 Å². The maximum absolute atomic E-state index is 12.6. The van der Waals surface area contributed by atoms with E-state index in [9.17, 15) is 13.6 Å². The lowest BCUT2D eigenvalue weighted by molar-refractivity contribution is -0.113. The van der Waals surface area contributed by atoms with Crippen molar-refractivity contribution in [2.45, 2.75) is 22.7 Å². The summed E-state index contributed by atoms with van der Waals surface area (Å²) in [5, 5.41) is 14.7. The zero-order valence-corrected chi connectivity index (χ0v) is 15.8. The molecule has 0 fully saturated rings. The molecule has 0 atom stereocenters. The second kappa shape index (κ2) is 8.96. The van der Waals surface area contributed by atoms with Gasteiger partial charge in [-0.3, -0.25) is 4.79 Å². The van der Waals surface area contributed by atoms with Crippen molar-refractivity contribution in [2.24, 2.45) is 0 Å². The van der Waals surface area contributed by atoms with E-state index in [0.717, 1.165) is 23.0 Å². The van der Waals surface area contributed by atoms with Crippen molar-refractivity contribution < 1.29 is 13.6 Å². The van der Waals surface area contributed by atoms with Gasteiger partial charge in [-0.05, 0) is 41.1 Å². The number of hydrogen-bond donors (Lipinski definition) is 1. The number of alkyl halides is 2. The van der Waals surface area contributed by atoms with Gasteiger partial charge in [0.15, 0.2) is 0 Å². The molecule has 0 radical (unpaired) electrons. The second-order valence-corrected chi connectivity index (χ2v) is 7.35. The van der Waals surface area contributed by atoms with E-state index in [1.54, 1.807) is 22.9 Å². The summed E-state index contributed by atoms with van der Waals surface area (Å²) < 4.78 is 26.8. The molecule has 10 heteroatoms. The number of amides is 1. The molecule has 3 aromatic rings. The molecule has 1 heterocycles. The van der Waals surface area contributed by atoms with Crippen molar-refractivity contribution in [2.75, 3.05) is 11.1 Å². The number of carbonyl (C=O) groups excluding carboxylic acids is 1. The summed E-state index contributed by atoms with van der Waals surface area (Å²) in [5.41, 5.74) is 2.17. The van der Waals surface area contributed by atoms with Crippen LogP contribution in [-0.4, -0.2) is 37.6 Å². The fraction of sp³-hybridized carbons (Fsp3) is 0.176. The zero-order valence-electron chi connectivity index (χ0n) is 14.2. The van der Waals surface area contributed by atoms with E-state index in [0.29, 0.717) is 27.5 Å². The number of benzene rings is 2. The van der Waals surface area contributed by atoms with Gasteiger partial charge in [-0.1, -0.05) is 53.9 Å². The van der Waals surface area contributed by atoms with Crippen LogP contribution in [0.2, 0.25) is 0 Å². The molecular formula is C17H15F2N5OS2. The number of thioether (sulfide) groups is 2. The van der Waals surface area contributed by atoms with Crippen molar-refractivity contribution in [3.63, 3.8) is 0 Å². The highest BCUT2D eigenvalue weighted by molar-refractivity contribution is 8.00. The van der Waals surface area contributed by atoms with E-state index < -0.39 is 5.76 Å². The number of para-hydroxylation sites is 2. The fourth-order valence-corrected chi connectivity index (χ4v) is 3.59. The van der Waals surface area contributed by atoms with E-state index >= 15 is 0 Å². The van der Waals surface area contributed by atoms with Crippen LogP contribution in [0.1, 0.15) is 5.56 Å². The number of tetrazole rings is 1. The first-order valence-electron chi connectivity index (χ1n) is 7.85. The first-order valence-corrected chi connectivity index (χ1v) is 9.72. The molecule has 6 nitrogen and oxygen atoms in total. The number of rotatable bonds is 7. The standard InChI is InChI=1S/C17H15F2N5OS2/c1-11-6-2-4-8-13(11)24-17(21-22-23-24)26-10-15(25)20-12-7-3-5-9-14(12)27-16(18)19/h2-9,16H,10H2,1H3,(H,20,25). The highest BCUT2D eigenvalue weighted by atomic mass is 32.2. The minimum Gasteiger partial charge on any atom is -0.324 e. The number of anilines is 1. The van der Waals surface area contributed by atoms with E-state index in [1.165, 1.54) is 6.07 Å². The van der Waals surface area contributed by atoms with Crippen LogP contribution in [0.15, 0.2) is 58.6 Å². The lowest BCUT2D eigenvalue weighted by atomic mass is 10.2. The molecule has 1 N–H and O–H groups in total. The third-order valence-corrected chi connectivity index (χ3v) is 5.20. The van der Waals surface area contributed by atoms with Crippen LogP contribution in [-0.2, 0) is 4.79 Å². The van der Waals surface area contributed by atoms with Gasteiger partial charge in [-0.25, -0.2) is 0 Å². The molecule has 0 aliphatic rings.